The van der Waals surface area contributed by atoms with E-state index in [9.17, 15) is 4.39 Å². The molecule has 1 fully saturated rings. The van der Waals surface area contributed by atoms with Gasteiger partial charge in [0.1, 0.15) is 5.82 Å². The maximum atomic E-state index is 13.0. The van der Waals surface area contributed by atoms with Gasteiger partial charge in [-0.3, -0.25) is 0 Å². The molecule has 0 saturated heterocycles. The molecule has 0 unspecified atom stereocenters. The minimum atomic E-state index is -0.183. The first-order valence-corrected chi connectivity index (χ1v) is 6.15. The van der Waals surface area contributed by atoms with E-state index in [2.05, 4.69) is 11.4 Å². The van der Waals surface area contributed by atoms with Gasteiger partial charge in [0.25, 0.3) is 0 Å². The fourth-order valence-electron chi connectivity index (χ4n) is 2.34. The van der Waals surface area contributed by atoms with Crippen LogP contribution in [0, 0.1) is 23.1 Å². The van der Waals surface area contributed by atoms with Gasteiger partial charge in [0, 0.05) is 18.5 Å². The SMILES string of the molecule is N#CC1CCC(NCc2cccc(F)c2)CC1. The summed E-state index contributed by atoms with van der Waals surface area (Å²) in [6.07, 6.45) is 4.07. The molecular formula is C14H17FN2. The third-order valence-electron chi connectivity index (χ3n) is 3.39. The molecule has 0 spiro atoms. The molecule has 0 amide bonds. The summed E-state index contributed by atoms with van der Waals surface area (Å²) in [6.45, 7) is 0.708. The number of nitrogens with one attached hydrogen (secondary N) is 1. The van der Waals surface area contributed by atoms with Crippen LogP contribution in [0.5, 0.6) is 0 Å². The highest BCUT2D eigenvalue weighted by molar-refractivity contribution is 5.16. The zero-order chi connectivity index (χ0) is 12.1. The number of rotatable bonds is 3. The van der Waals surface area contributed by atoms with Gasteiger partial charge in [-0.25, -0.2) is 4.39 Å². The first kappa shape index (κ1) is 12.1. The van der Waals surface area contributed by atoms with Crippen LogP contribution < -0.4 is 5.32 Å². The Morgan fingerprint density at radius 3 is 2.71 bits per heavy atom. The first-order chi connectivity index (χ1) is 8.28. The number of benzene rings is 1. The van der Waals surface area contributed by atoms with Crippen LogP contribution in [-0.2, 0) is 6.54 Å². The van der Waals surface area contributed by atoms with Crippen LogP contribution in [0.15, 0.2) is 24.3 Å². The van der Waals surface area contributed by atoms with Gasteiger partial charge in [0.2, 0.25) is 0 Å². The van der Waals surface area contributed by atoms with Crippen molar-refractivity contribution in [2.45, 2.75) is 38.3 Å². The molecule has 3 heteroatoms. The fraction of sp³-hybridized carbons (Fsp3) is 0.500. The highest BCUT2D eigenvalue weighted by atomic mass is 19.1. The Bertz CT molecular complexity index is 403. The van der Waals surface area contributed by atoms with Gasteiger partial charge in [0.05, 0.1) is 6.07 Å². The molecule has 1 aromatic carbocycles. The Balaban J connectivity index is 1.78. The summed E-state index contributed by atoms with van der Waals surface area (Å²) in [5.41, 5.74) is 0.979. The highest BCUT2D eigenvalue weighted by Crippen LogP contribution is 2.23. The topological polar surface area (TPSA) is 35.8 Å². The van der Waals surface area contributed by atoms with Crippen molar-refractivity contribution in [1.29, 1.82) is 5.26 Å². The molecule has 1 saturated carbocycles. The summed E-state index contributed by atoms with van der Waals surface area (Å²) in [5, 5.41) is 12.2. The normalized spacial score (nSPS) is 24.2. The van der Waals surface area contributed by atoms with Crippen molar-refractivity contribution < 1.29 is 4.39 Å². The molecule has 0 bridgehead atoms. The number of halogens is 1. The number of hydrogen-bond donors (Lipinski definition) is 1. The summed E-state index contributed by atoms with van der Waals surface area (Å²) in [4.78, 5) is 0. The van der Waals surface area contributed by atoms with E-state index in [0.717, 1.165) is 31.2 Å². The fourth-order valence-corrected chi connectivity index (χ4v) is 2.34. The smallest absolute Gasteiger partial charge is 0.123 e. The lowest BCUT2D eigenvalue weighted by molar-refractivity contribution is 0.331. The van der Waals surface area contributed by atoms with Crippen molar-refractivity contribution in [1.82, 2.24) is 5.32 Å². The van der Waals surface area contributed by atoms with E-state index in [1.165, 1.54) is 6.07 Å². The lowest BCUT2D eigenvalue weighted by Gasteiger charge is -2.25. The van der Waals surface area contributed by atoms with Crippen LogP contribution in [0.3, 0.4) is 0 Å². The van der Waals surface area contributed by atoms with Crippen LogP contribution in [0.25, 0.3) is 0 Å². The van der Waals surface area contributed by atoms with Gasteiger partial charge >= 0.3 is 0 Å². The van der Waals surface area contributed by atoms with E-state index in [1.807, 2.05) is 6.07 Å². The van der Waals surface area contributed by atoms with Gasteiger partial charge in [-0.1, -0.05) is 12.1 Å². The van der Waals surface area contributed by atoms with E-state index >= 15 is 0 Å². The van der Waals surface area contributed by atoms with Gasteiger partial charge in [-0.15, -0.1) is 0 Å². The summed E-state index contributed by atoms with van der Waals surface area (Å²) in [6, 6.07) is 9.49. The lowest BCUT2D eigenvalue weighted by Crippen LogP contribution is -2.32. The second kappa shape index (κ2) is 5.79. The molecule has 1 N–H and O–H groups in total. The van der Waals surface area contributed by atoms with Crippen molar-refractivity contribution in [2.75, 3.05) is 0 Å². The molecule has 1 aliphatic carbocycles. The molecule has 0 radical (unpaired) electrons. The van der Waals surface area contributed by atoms with Crippen LogP contribution >= 0.6 is 0 Å². The molecule has 0 aliphatic heterocycles. The first-order valence-electron chi connectivity index (χ1n) is 6.15. The van der Waals surface area contributed by atoms with Crippen LogP contribution in [0.1, 0.15) is 31.2 Å². The maximum Gasteiger partial charge on any atom is 0.123 e. The van der Waals surface area contributed by atoms with E-state index in [-0.39, 0.29) is 11.7 Å². The molecule has 0 heterocycles. The molecule has 0 atom stereocenters. The third-order valence-corrected chi connectivity index (χ3v) is 3.39. The molecule has 1 aromatic rings. The van der Waals surface area contributed by atoms with Gasteiger partial charge < -0.3 is 5.32 Å². The van der Waals surface area contributed by atoms with E-state index < -0.39 is 0 Å². The van der Waals surface area contributed by atoms with Crippen molar-refractivity contribution in [3.8, 4) is 6.07 Å². The van der Waals surface area contributed by atoms with Crippen LogP contribution in [0.2, 0.25) is 0 Å². The predicted molar refractivity (Wildman–Crippen MR) is 64.6 cm³/mol. The molecule has 90 valence electrons. The standard InChI is InChI=1S/C14H17FN2/c15-13-3-1-2-12(8-13)10-17-14-6-4-11(9-16)5-7-14/h1-3,8,11,14,17H,4-7,10H2. The minimum absolute atomic E-state index is 0.183. The van der Waals surface area contributed by atoms with Gasteiger partial charge in [-0.2, -0.15) is 5.26 Å². The Kier molecular flexibility index (Phi) is 4.11. The third kappa shape index (κ3) is 3.54. The number of hydrogen-bond acceptors (Lipinski definition) is 2. The Morgan fingerprint density at radius 1 is 1.29 bits per heavy atom. The summed E-state index contributed by atoms with van der Waals surface area (Å²) in [5.74, 6) is 0.0553. The zero-order valence-corrected chi connectivity index (χ0v) is 9.82. The maximum absolute atomic E-state index is 13.0. The second-order valence-electron chi connectivity index (χ2n) is 4.69. The van der Waals surface area contributed by atoms with E-state index in [4.69, 9.17) is 5.26 Å². The molecule has 1 aliphatic rings. The summed E-state index contributed by atoms with van der Waals surface area (Å²) < 4.78 is 13.0. The van der Waals surface area contributed by atoms with Crippen molar-refractivity contribution >= 4 is 0 Å². The summed E-state index contributed by atoms with van der Waals surface area (Å²) >= 11 is 0. The molecule has 2 nitrogen and oxygen atoms in total. The molecule has 0 aromatic heterocycles. The van der Waals surface area contributed by atoms with Crippen LogP contribution in [0.4, 0.5) is 4.39 Å². The predicted octanol–water partition coefficient (Wildman–Crippen LogP) is 3.00. The molecular weight excluding hydrogens is 215 g/mol. The van der Waals surface area contributed by atoms with Crippen molar-refractivity contribution in [3.63, 3.8) is 0 Å². The van der Waals surface area contributed by atoms with Gasteiger partial charge in [0.15, 0.2) is 0 Å². The molecule has 17 heavy (non-hydrogen) atoms. The van der Waals surface area contributed by atoms with Gasteiger partial charge in [-0.05, 0) is 43.4 Å². The van der Waals surface area contributed by atoms with E-state index in [0.29, 0.717) is 12.6 Å². The minimum Gasteiger partial charge on any atom is -0.310 e. The Labute approximate surface area is 101 Å². The molecule has 2 rings (SSSR count). The largest absolute Gasteiger partial charge is 0.310 e. The Morgan fingerprint density at radius 2 is 2.06 bits per heavy atom. The van der Waals surface area contributed by atoms with Crippen LogP contribution in [-0.4, -0.2) is 6.04 Å². The second-order valence-corrected chi connectivity index (χ2v) is 4.69. The van der Waals surface area contributed by atoms with E-state index in [1.54, 1.807) is 12.1 Å². The summed E-state index contributed by atoms with van der Waals surface area (Å²) in [7, 11) is 0. The zero-order valence-electron chi connectivity index (χ0n) is 9.82. The number of nitrogens with zero attached hydrogens (tertiary/aromatic N) is 1. The average molecular weight is 232 g/mol. The van der Waals surface area contributed by atoms with Crippen molar-refractivity contribution in [2.24, 2.45) is 5.92 Å². The average Bonchev–Trinajstić information content (AvgIpc) is 2.37. The lowest BCUT2D eigenvalue weighted by atomic mass is 9.87. The monoisotopic (exact) mass is 232 g/mol. The van der Waals surface area contributed by atoms with Crippen molar-refractivity contribution in [3.05, 3.63) is 35.6 Å². The Hall–Kier alpha value is -1.40. The number of nitriles is 1. The quantitative estimate of drug-likeness (QED) is 0.869. The highest BCUT2D eigenvalue weighted by Gasteiger charge is 2.20.